The Morgan fingerprint density at radius 3 is 3.12 bits per heavy atom. The highest BCUT2D eigenvalue weighted by atomic mass is 16.5. The molecule has 0 N–H and O–H groups in total. The summed E-state index contributed by atoms with van der Waals surface area (Å²) in [7, 11) is 1.75. The summed E-state index contributed by atoms with van der Waals surface area (Å²) in [5, 5.41) is 0. The first-order valence-electron chi connectivity index (χ1n) is 6.56. The lowest BCUT2D eigenvalue weighted by molar-refractivity contribution is 0.183. The van der Waals surface area contributed by atoms with Crippen LogP contribution in [0.25, 0.3) is 0 Å². The molecule has 1 saturated carbocycles. The van der Waals surface area contributed by atoms with Crippen LogP contribution in [-0.4, -0.2) is 7.11 Å². The number of ether oxygens (including phenoxy) is 1. The molecule has 0 spiro atoms. The molecule has 1 aromatic rings. The Balaban J connectivity index is 1.74. The molecule has 1 heterocycles. The number of hydrogen-bond acceptors (Lipinski definition) is 2. The fourth-order valence-corrected chi connectivity index (χ4v) is 4.01. The molecular weight excluding hydrogens is 212 g/mol. The zero-order chi connectivity index (χ0) is 11.6. The molecule has 2 nitrogen and oxygen atoms in total. The summed E-state index contributed by atoms with van der Waals surface area (Å²) in [6.45, 7) is 3.03. The molecule has 90 valence electrons. The van der Waals surface area contributed by atoms with Crippen molar-refractivity contribution in [3.8, 4) is 0 Å². The molecular formula is C15H18O2. The number of rotatable bonds is 2. The van der Waals surface area contributed by atoms with Crippen LogP contribution in [0, 0.1) is 17.8 Å². The Bertz CT molecular complexity index is 509. The van der Waals surface area contributed by atoms with Crippen molar-refractivity contribution in [3.63, 3.8) is 0 Å². The van der Waals surface area contributed by atoms with Gasteiger partial charge in [-0.15, -0.1) is 0 Å². The Hall–Kier alpha value is -1.02. The zero-order valence-corrected chi connectivity index (χ0v) is 10.5. The second kappa shape index (κ2) is 3.26. The summed E-state index contributed by atoms with van der Waals surface area (Å²) < 4.78 is 11.0. The zero-order valence-electron chi connectivity index (χ0n) is 10.5. The van der Waals surface area contributed by atoms with E-state index in [1.54, 1.807) is 18.3 Å². The summed E-state index contributed by atoms with van der Waals surface area (Å²) in [6.07, 6.45) is 5.58. The van der Waals surface area contributed by atoms with Crippen molar-refractivity contribution >= 4 is 0 Å². The Labute approximate surface area is 102 Å². The highest BCUT2D eigenvalue weighted by Crippen LogP contribution is 2.61. The maximum absolute atomic E-state index is 5.75. The van der Waals surface area contributed by atoms with E-state index >= 15 is 0 Å². The lowest BCUT2D eigenvalue weighted by Gasteiger charge is -2.23. The fourth-order valence-electron chi connectivity index (χ4n) is 4.01. The summed E-state index contributed by atoms with van der Waals surface area (Å²) in [4.78, 5) is 0. The first-order chi connectivity index (χ1) is 8.29. The van der Waals surface area contributed by atoms with E-state index < -0.39 is 0 Å². The van der Waals surface area contributed by atoms with Gasteiger partial charge in [-0.3, -0.25) is 0 Å². The molecule has 3 aliphatic carbocycles. The van der Waals surface area contributed by atoms with E-state index in [0.29, 0.717) is 6.61 Å². The molecule has 17 heavy (non-hydrogen) atoms. The number of methoxy groups -OCH3 is 1. The third-order valence-corrected chi connectivity index (χ3v) is 5.01. The SMILES string of the molecule is COCc1coc2c1CC1=C(C)C3CC3[C@@H]1C2. The van der Waals surface area contributed by atoms with Crippen molar-refractivity contribution in [1.82, 2.24) is 0 Å². The molecule has 3 aliphatic rings. The summed E-state index contributed by atoms with van der Waals surface area (Å²) >= 11 is 0. The van der Waals surface area contributed by atoms with E-state index in [2.05, 4.69) is 6.92 Å². The van der Waals surface area contributed by atoms with E-state index in [1.807, 2.05) is 6.26 Å². The van der Waals surface area contributed by atoms with E-state index in [4.69, 9.17) is 9.15 Å². The van der Waals surface area contributed by atoms with Gasteiger partial charge < -0.3 is 9.15 Å². The van der Waals surface area contributed by atoms with Crippen LogP contribution in [0.2, 0.25) is 0 Å². The highest BCUT2D eigenvalue weighted by Gasteiger charge is 2.53. The molecule has 0 bridgehead atoms. The average molecular weight is 230 g/mol. The van der Waals surface area contributed by atoms with Gasteiger partial charge in [-0.05, 0) is 37.5 Å². The van der Waals surface area contributed by atoms with E-state index in [-0.39, 0.29) is 0 Å². The van der Waals surface area contributed by atoms with Crippen LogP contribution in [0.5, 0.6) is 0 Å². The van der Waals surface area contributed by atoms with Crippen LogP contribution in [-0.2, 0) is 24.2 Å². The Morgan fingerprint density at radius 1 is 1.41 bits per heavy atom. The van der Waals surface area contributed by atoms with Crippen LogP contribution in [0.3, 0.4) is 0 Å². The quantitative estimate of drug-likeness (QED) is 0.728. The number of furan rings is 1. The maximum Gasteiger partial charge on any atom is 0.108 e. The summed E-state index contributed by atoms with van der Waals surface area (Å²) in [5.41, 5.74) is 6.08. The molecule has 1 aromatic heterocycles. The summed E-state index contributed by atoms with van der Waals surface area (Å²) in [6, 6.07) is 0. The second-order valence-corrected chi connectivity index (χ2v) is 5.80. The number of hydrogen-bond donors (Lipinski definition) is 0. The van der Waals surface area contributed by atoms with Gasteiger partial charge in [-0.1, -0.05) is 11.1 Å². The van der Waals surface area contributed by atoms with Crippen LogP contribution in [0.15, 0.2) is 21.8 Å². The van der Waals surface area contributed by atoms with Gasteiger partial charge in [0.2, 0.25) is 0 Å². The third-order valence-electron chi connectivity index (χ3n) is 5.01. The highest BCUT2D eigenvalue weighted by molar-refractivity contribution is 5.44. The van der Waals surface area contributed by atoms with Crippen molar-refractivity contribution < 1.29 is 9.15 Å². The molecule has 0 aliphatic heterocycles. The second-order valence-electron chi connectivity index (χ2n) is 5.80. The Morgan fingerprint density at radius 2 is 2.29 bits per heavy atom. The van der Waals surface area contributed by atoms with Gasteiger partial charge in [0, 0.05) is 24.7 Å². The predicted octanol–water partition coefficient (Wildman–Crippen LogP) is 3.11. The molecule has 1 fully saturated rings. The number of allylic oxidation sites excluding steroid dienone is 2. The minimum absolute atomic E-state index is 0.683. The average Bonchev–Trinajstić information content (AvgIpc) is 2.98. The first-order valence-corrected chi connectivity index (χ1v) is 6.56. The molecule has 0 amide bonds. The van der Waals surface area contributed by atoms with Crippen molar-refractivity contribution in [2.24, 2.45) is 17.8 Å². The van der Waals surface area contributed by atoms with Crippen molar-refractivity contribution in [1.29, 1.82) is 0 Å². The molecule has 2 heteroatoms. The molecule has 0 saturated heterocycles. The number of fused-ring (bicyclic) bond motifs is 4. The van der Waals surface area contributed by atoms with Gasteiger partial charge in [0.15, 0.2) is 0 Å². The normalized spacial score (nSPS) is 33.4. The molecule has 2 unspecified atom stereocenters. The van der Waals surface area contributed by atoms with E-state index in [9.17, 15) is 0 Å². The predicted molar refractivity (Wildman–Crippen MR) is 64.6 cm³/mol. The minimum atomic E-state index is 0.683. The van der Waals surface area contributed by atoms with E-state index in [1.165, 1.54) is 23.3 Å². The van der Waals surface area contributed by atoms with Crippen molar-refractivity contribution in [2.75, 3.05) is 7.11 Å². The standard InChI is InChI=1S/C15H18O2/c1-8-10-3-12-9(6-16-2)7-17-15(12)5-14(10)13-4-11(8)13/h7,11,13-14H,3-6H2,1-2H3/t11?,13?,14-/m1/s1. The van der Waals surface area contributed by atoms with Crippen LogP contribution >= 0.6 is 0 Å². The molecule has 0 aromatic carbocycles. The maximum atomic E-state index is 5.75. The fraction of sp³-hybridized carbons (Fsp3) is 0.600. The largest absolute Gasteiger partial charge is 0.469 e. The lowest BCUT2D eigenvalue weighted by atomic mass is 9.81. The van der Waals surface area contributed by atoms with Gasteiger partial charge in [0.1, 0.15) is 5.76 Å². The van der Waals surface area contributed by atoms with Crippen LogP contribution < -0.4 is 0 Å². The van der Waals surface area contributed by atoms with Crippen LogP contribution in [0.4, 0.5) is 0 Å². The molecule has 3 atom stereocenters. The van der Waals surface area contributed by atoms with Gasteiger partial charge in [0.25, 0.3) is 0 Å². The Kier molecular flexibility index (Phi) is 1.91. The molecule has 4 rings (SSSR count). The van der Waals surface area contributed by atoms with Crippen LogP contribution in [0.1, 0.15) is 30.2 Å². The first kappa shape index (κ1) is 9.95. The van der Waals surface area contributed by atoms with Gasteiger partial charge in [-0.2, -0.15) is 0 Å². The smallest absolute Gasteiger partial charge is 0.108 e. The van der Waals surface area contributed by atoms with Gasteiger partial charge in [0.05, 0.1) is 12.9 Å². The van der Waals surface area contributed by atoms with E-state index in [0.717, 1.165) is 30.6 Å². The van der Waals surface area contributed by atoms with Gasteiger partial charge in [-0.25, -0.2) is 0 Å². The lowest BCUT2D eigenvalue weighted by Crippen LogP contribution is -2.17. The third kappa shape index (κ3) is 1.25. The monoisotopic (exact) mass is 230 g/mol. The molecule has 0 radical (unpaired) electrons. The van der Waals surface area contributed by atoms with Crippen molar-refractivity contribution in [3.05, 3.63) is 34.3 Å². The minimum Gasteiger partial charge on any atom is -0.469 e. The summed E-state index contributed by atoms with van der Waals surface area (Å²) in [5.74, 6) is 3.90. The topological polar surface area (TPSA) is 22.4 Å². The van der Waals surface area contributed by atoms with Gasteiger partial charge >= 0.3 is 0 Å². The van der Waals surface area contributed by atoms with Crippen molar-refractivity contribution in [2.45, 2.75) is 32.8 Å².